The molecule has 2 aliphatic rings. The topological polar surface area (TPSA) is 58.0 Å². The highest BCUT2D eigenvalue weighted by molar-refractivity contribution is 6.36. The van der Waals surface area contributed by atoms with E-state index in [4.69, 9.17) is 33.2 Å². The van der Waals surface area contributed by atoms with Crippen molar-refractivity contribution in [1.29, 1.82) is 0 Å². The summed E-state index contributed by atoms with van der Waals surface area (Å²) in [7, 11) is 0. The van der Waals surface area contributed by atoms with E-state index in [0.717, 1.165) is 46.9 Å². The van der Waals surface area contributed by atoms with E-state index in [9.17, 15) is 5.11 Å². The van der Waals surface area contributed by atoms with Crippen LogP contribution in [0.3, 0.4) is 0 Å². The molecule has 5 rings (SSSR count). The van der Waals surface area contributed by atoms with E-state index >= 15 is 0 Å². The van der Waals surface area contributed by atoms with Crippen molar-refractivity contribution in [3.05, 3.63) is 75.0 Å². The lowest BCUT2D eigenvalue weighted by molar-refractivity contribution is 0.165. The number of fused-ring (bicyclic) bond motifs is 1. The molecule has 4 nitrogen and oxygen atoms in total. The SMILES string of the molecule is Cc1nc(-c2ccc(Cl)cc2Cl)c(C2CC2)nc1NC1c2ccccc2CC1O. The highest BCUT2D eigenvalue weighted by Gasteiger charge is 2.34. The summed E-state index contributed by atoms with van der Waals surface area (Å²) in [5, 5.41) is 15.2. The van der Waals surface area contributed by atoms with Gasteiger partial charge in [0.15, 0.2) is 0 Å². The highest BCUT2D eigenvalue weighted by Crippen LogP contribution is 2.45. The van der Waals surface area contributed by atoms with Gasteiger partial charge >= 0.3 is 0 Å². The minimum Gasteiger partial charge on any atom is -0.390 e. The Kier molecular flexibility index (Phi) is 4.73. The molecule has 2 aromatic carbocycles. The molecular formula is C23H21Cl2N3O. The van der Waals surface area contributed by atoms with Gasteiger partial charge in [-0.25, -0.2) is 9.97 Å². The third-order valence-corrected chi connectivity index (χ3v) is 6.29. The van der Waals surface area contributed by atoms with Crippen LogP contribution in [0, 0.1) is 6.92 Å². The average Bonchev–Trinajstić information content (AvgIpc) is 3.48. The zero-order valence-corrected chi connectivity index (χ0v) is 17.5. The Hall–Kier alpha value is -2.14. The lowest BCUT2D eigenvalue weighted by atomic mass is 10.1. The van der Waals surface area contributed by atoms with Crippen LogP contribution in [0.2, 0.25) is 10.0 Å². The smallest absolute Gasteiger partial charge is 0.148 e. The van der Waals surface area contributed by atoms with Gasteiger partial charge in [-0.2, -0.15) is 0 Å². The zero-order chi connectivity index (χ0) is 20.1. The van der Waals surface area contributed by atoms with Gasteiger partial charge in [0.1, 0.15) is 5.82 Å². The van der Waals surface area contributed by atoms with Crippen molar-refractivity contribution >= 4 is 29.0 Å². The summed E-state index contributed by atoms with van der Waals surface area (Å²) in [5.41, 5.74) is 5.72. The van der Waals surface area contributed by atoms with E-state index in [1.165, 1.54) is 5.56 Å². The van der Waals surface area contributed by atoms with Gasteiger partial charge in [0, 0.05) is 22.9 Å². The Labute approximate surface area is 179 Å². The average molecular weight is 426 g/mol. The molecule has 0 radical (unpaired) electrons. The van der Waals surface area contributed by atoms with Crippen LogP contribution in [0.5, 0.6) is 0 Å². The van der Waals surface area contributed by atoms with Gasteiger partial charge in [-0.1, -0.05) is 47.5 Å². The number of halogens is 2. The van der Waals surface area contributed by atoms with Crippen molar-refractivity contribution in [1.82, 2.24) is 9.97 Å². The third-order valence-electron chi connectivity index (χ3n) is 5.74. The minimum absolute atomic E-state index is 0.184. The van der Waals surface area contributed by atoms with Gasteiger partial charge < -0.3 is 10.4 Å². The first-order valence-corrected chi connectivity index (χ1v) is 10.6. The van der Waals surface area contributed by atoms with Gasteiger partial charge in [-0.3, -0.25) is 0 Å². The van der Waals surface area contributed by atoms with Crippen LogP contribution in [0.1, 0.15) is 47.3 Å². The molecule has 2 unspecified atom stereocenters. The maximum Gasteiger partial charge on any atom is 0.148 e. The van der Waals surface area contributed by atoms with Crippen LogP contribution >= 0.6 is 23.2 Å². The summed E-state index contributed by atoms with van der Waals surface area (Å²) in [5.74, 6) is 1.12. The quantitative estimate of drug-likeness (QED) is 0.562. The number of aromatic nitrogens is 2. The van der Waals surface area contributed by atoms with Crippen LogP contribution in [0.25, 0.3) is 11.3 Å². The first-order chi connectivity index (χ1) is 14.0. The molecule has 2 atom stereocenters. The number of nitrogens with one attached hydrogen (secondary N) is 1. The largest absolute Gasteiger partial charge is 0.390 e. The van der Waals surface area contributed by atoms with Crippen molar-refractivity contribution in [2.45, 2.75) is 44.2 Å². The van der Waals surface area contributed by atoms with Crippen LogP contribution < -0.4 is 5.32 Å². The number of rotatable bonds is 4. The summed E-state index contributed by atoms with van der Waals surface area (Å²) in [6, 6.07) is 13.4. The van der Waals surface area contributed by atoms with Crippen molar-refractivity contribution in [2.24, 2.45) is 0 Å². The Morgan fingerprint density at radius 1 is 1.07 bits per heavy atom. The first-order valence-electron chi connectivity index (χ1n) is 9.87. The Bertz CT molecular complexity index is 1100. The fraction of sp³-hybridized carbons (Fsp3) is 0.304. The van der Waals surface area contributed by atoms with E-state index in [1.54, 1.807) is 6.07 Å². The third kappa shape index (κ3) is 3.50. The number of hydrogen-bond acceptors (Lipinski definition) is 4. The molecule has 1 heterocycles. The summed E-state index contributed by atoms with van der Waals surface area (Å²) in [6.45, 7) is 1.94. The van der Waals surface area contributed by atoms with Crippen LogP contribution in [-0.2, 0) is 6.42 Å². The molecule has 148 valence electrons. The van der Waals surface area contributed by atoms with Crippen molar-refractivity contribution < 1.29 is 5.11 Å². The predicted molar refractivity (Wildman–Crippen MR) is 117 cm³/mol. The summed E-state index contributed by atoms with van der Waals surface area (Å²) in [4.78, 5) is 9.85. The van der Waals surface area contributed by atoms with Gasteiger partial charge in [0.25, 0.3) is 0 Å². The highest BCUT2D eigenvalue weighted by atomic mass is 35.5. The molecule has 29 heavy (non-hydrogen) atoms. The Morgan fingerprint density at radius 2 is 1.86 bits per heavy atom. The molecule has 6 heteroatoms. The second-order valence-electron chi connectivity index (χ2n) is 7.88. The van der Waals surface area contributed by atoms with Crippen LogP contribution in [-0.4, -0.2) is 21.2 Å². The second-order valence-corrected chi connectivity index (χ2v) is 8.73. The van der Waals surface area contributed by atoms with E-state index in [-0.39, 0.29) is 6.04 Å². The van der Waals surface area contributed by atoms with Gasteiger partial charge in [0.05, 0.1) is 34.3 Å². The molecule has 0 aliphatic heterocycles. The van der Waals surface area contributed by atoms with Crippen molar-refractivity contribution in [3.8, 4) is 11.3 Å². The van der Waals surface area contributed by atoms with E-state index < -0.39 is 6.10 Å². The second kappa shape index (κ2) is 7.28. The summed E-state index contributed by atoms with van der Waals surface area (Å²) < 4.78 is 0. The number of nitrogens with zero attached hydrogens (tertiary/aromatic N) is 2. The molecule has 2 N–H and O–H groups in total. The van der Waals surface area contributed by atoms with Crippen LogP contribution in [0.15, 0.2) is 42.5 Å². The standard InChI is InChI=1S/C23H21Cl2N3O/c1-12-23(28-21-16-5-3-2-4-14(16)10-19(21)29)27-20(13-6-7-13)22(26-12)17-9-8-15(24)11-18(17)25/h2-5,8-9,11,13,19,21,29H,6-7,10H2,1H3,(H,27,28). The van der Waals surface area contributed by atoms with Crippen LogP contribution in [0.4, 0.5) is 5.82 Å². The lowest BCUT2D eigenvalue weighted by Crippen LogP contribution is -2.22. The molecule has 3 aromatic rings. The monoisotopic (exact) mass is 425 g/mol. The normalized spacial score (nSPS) is 20.6. The number of anilines is 1. The van der Waals surface area contributed by atoms with E-state index in [0.29, 0.717) is 22.4 Å². The fourth-order valence-electron chi connectivity index (χ4n) is 4.09. The van der Waals surface area contributed by atoms with Crippen molar-refractivity contribution in [3.63, 3.8) is 0 Å². The predicted octanol–water partition coefficient (Wildman–Crippen LogP) is 5.71. The molecule has 0 bridgehead atoms. The molecule has 1 fully saturated rings. The molecule has 0 amide bonds. The lowest BCUT2D eigenvalue weighted by Gasteiger charge is -2.21. The minimum atomic E-state index is -0.483. The van der Waals surface area contributed by atoms with Gasteiger partial charge in [0.2, 0.25) is 0 Å². The summed E-state index contributed by atoms with van der Waals surface area (Å²) >= 11 is 12.5. The van der Waals surface area contributed by atoms with E-state index in [1.807, 2.05) is 31.2 Å². The molecule has 0 spiro atoms. The summed E-state index contributed by atoms with van der Waals surface area (Å²) in [6.07, 6.45) is 2.37. The number of benzene rings is 2. The first kappa shape index (κ1) is 18.9. The Balaban J connectivity index is 1.55. The fourth-order valence-corrected chi connectivity index (χ4v) is 4.58. The van der Waals surface area contributed by atoms with Gasteiger partial charge in [-0.15, -0.1) is 0 Å². The molecule has 1 saturated carbocycles. The van der Waals surface area contributed by atoms with Crippen molar-refractivity contribution in [2.75, 3.05) is 5.32 Å². The van der Waals surface area contributed by atoms with Gasteiger partial charge in [-0.05, 0) is 49.1 Å². The maximum atomic E-state index is 10.6. The number of hydrogen-bond donors (Lipinski definition) is 2. The maximum absolute atomic E-state index is 10.6. The van der Waals surface area contributed by atoms with E-state index in [2.05, 4.69) is 17.4 Å². The number of aliphatic hydroxyl groups is 1. The molecule has 1 aromatic heterocycles. The molecule has 2 aliphatic carbocycles. The Morgan fingerprint density at radius 3 is 2.62 bits per heavy atom. The molecule has 0 saturated heterocycles. The number of aliphatic hydroxyl groups excluding tert-OH is 1. The zero-order valence-electron chi connectivity index (χ0n) is 16.0. The number of aryl methyl sites for hydroxylation is 1. The molecular weight excluding hydrogens is 405 g/mol.